The van der Waals surface area contributed by atoms with Gasteiger partial charge in [-0.25, -0.2) is 0 Å². The van der Waals surface area contributed by atoms with Crippen LogP contribution in [-0.4, -0.2) is 4.57 Å². The van der Waals surface area contributed by atoms with Crippen LogP contribution >= 0.6 is 11.6 Å². The van der Waals surface area contributed by atoms with Crippen LogP contribution in [0.25, 0.3) is 38.6 Å². The third-order valence-electron chi connectivity index (χ3n) is 5.01. The van der Waals surface area contributed by atoms with Crippen LogP contribution in [0.3, 0.4) is 0 Å². The van der Waals surface area contributed by atoms with Crippen LogP contribution < -0.4 is 5.73 Å². The third-order valence-corrected chi connectivity index (χ3v) is 5.25. The van der Waals surface area contributed by atoms with Crippen LogP contribution in [0.5, 0.6) is 0 Å². The predicted molar refractivity (Wildman–Crippen MR) is 116 cm³/mol. The minimum absolute atomic E-state index is 0.731. The summed E-state index contributed by atoms with van der Waals surface area (Å²) in [5.74, 6) is 0. The molecule has 0 aliphatic carbocycles. The Balaban J connectivity index is 1.87. The highest BCUT2D eigenvalue weighted by Crippen LogP contribution is 2.36. The average molecular weight is 369 g/mol. The van der Waals surface area contributed by atoms with Crippen molar-refractivity contribution in [3.05, 3.63) is 96.0 Å². The number of halogens is 1. The molecule has 0 saturated carbocycles. The largest absolute Gasteiger partial charge is 0.398 e. The molecule has 0 atom stereocenters. The fourth-order valence-electron chi connectivity index (χ4n) is 3.78. The second kappa shape index (κ2) is 6.19. The second-order valence-electron chi connectivity index (χ2n) is 6.65. The van der Waals surface area contributed by atoms with Gasteiger partial charge in [0.05, 0.1) is 11.0 Å². The smallest absolute Gasteiger partial charge is 0.0555 e. The van der Waals surface area contributed by atoms with E-state index in [1.54, 1.807) is 0 Å². The topological polar surface area (TPSA) is 30.9 Å². The molecular weight excluding hydrogens is 352 g/mol. The zero-order valence-corrected chi connectivity index (χ0v) is 15.3. The first-order valence-electron chi connectivity index (χ1n) is 8.86. The Labute approximate surface area is 162 Å². The number of fused-ring (bicyclic) bond motifs is 3. The van der Waals surface area contributed by atoms with Crippen molar-refractivity contribution < 1.29 is 0 Å². The van der Waals surface area contributed by atoms with E-state index in [9.17, 15) is 0 Å². The molecule has 0 radical (unpaired) electrons. The summed E-state index contributed by atoms with van der Waals surface area (Å²) in [6.45, 7) is 0. The van der Waals surface area contributed by atoms with E-state index in [-0.39, 0.29) is 0 Å². The van der Waals surface area contributed by atoms with E-state index in [2.05, 4.69) is 59.2 Å². The van der Waals surface area contributed by atoms with Crippen molar-refractivity contribution >= 4 is 39.1 Å². The molecule has 0 bridgehead atoms. The maximum atomic E-state index is 6.32. The normalized spacial score (nSPS) is 11.3. The minimum atomic E-state index is 0.731. The van der Waals surface area contributed by atoms with Gasteiger partial charge in [-0.15, -0.1) is 0 Å². The lowest BCUT2D eigenvalue weighted by atomic mass is 10.0. The van der Waals surface area contributed by atoms with Gasteiger partial charge in [-0.1, -0.05) is 60.1 Å². The minimum Gasteiger partial charge on any atom is -0.398 e. The molecule has 0 fully saturated rings. The number of anilines is 1. The lowest BCUT2D eigenvalue weighted by molar-refractivity contribution is 1.18. The number of nitrogens with two attached hydrogens (primary N) is 1. The molecule has 2 N–H and O–H groups in total. The summed E-state index contributed by atoms with van der Waals surface area (Å²) in [5.41, 5.74) is 12.5. The SMILES string of the molecule is Nc1ccccc1-c1ccc2c(c1)c1ccc(Cl)cc1n2-c1ccccc1. The van der Waals surface area contributed by atoms with Gasteiger partial charge in [0.25, 0.3) is 0 Å². The third kappa shape index (κ3) is 2.57. The highest BCUT2D eigenvalue weighted by atomic mass is 35.5. The summed E-state index contributed by atoms with van der Waals surface area (Å²) in [4.78, 5) is 0. The number of rotatable bonds is 2. The molecular formula is C24H17ClN2. The number of hydrogen-bond acceptors (Lipinski definition) is 1. The summed E-state index contributed by atoms with van der Waals surface area (Å²) < 4.78 is 2.26. The van der Waals surface area contributed by atoms with Crippen LogP contribution in [0.1, 0.15) is 0 Å². The van der Waals surface area contributed by atoms with Crippen LogP contribution in [0.2, 0.25) is 5.02 Å². The summed E-state index contributed by atoms with van der Waals surface area (Å²) in [5, 5.41) is 3.09. The fourth-order valence-corrected chi connectivity index (χ4v) is 3.94. The Kier molecular flexibility index (Phi) is 3.66. The molecule has 5 rings (SSSR count). The molecule has 0 aliphatic heterocycles. The summed E-state index contributed by atoms with van der Waals surface area (Å²) >= 11 is 6.32. The first-order chi connectivity index (χ1) is 13.2. The Bertz CT molecular complexity index is 1290. The molecule has 1 aromatic heterocycles. The van der Waals surface area contributed by atoms with Gasteiger partial charge in [0, 0.05) is 32.7 Å². The van der Waals surface area contributed by atoms with Gasteiger partial charge in [-0.05, 0) is 48.0 Å². The van der Waals surface area contributed by atoms with E-state index in [1.807, 2.05) is 36.4 Å². The molecule has 0 amide bonds. The maximum Gasteiger partial charge on any atom is 0.0555 e. The van der Waals surface area contributed by atoms with Crippen molar-refractivity contribution in [3.63, 3.8) is 0 Å². The molecule has 2 nitrogen and oxygen atoms in total. The van der Waals surface area contributed by atoms with E-state index in [1.165, 1.54) is 10.8 Å². The molecule has 27 heavy (non-hydrogen) atoms. The van der Waals surface area contributed by atoms with Crippen molar-refractivity contribution in [1.29, 1.82) is 0 Å². The Hall–Kier alpha value is -3.23. The summed E-state index contributed by atoms with van der Waals surface area (Å²) in [7, 11) is 0. The zero-order valence-electron chi connectivity index (χ0n) is 14.6. The molecule has 0 unspecified atom stereocenters. The van der Waals surface area contributed by atoms with Gasteiger partial charge >= 0.3 is 0 Å². The van der Waals surface area contributed by atoms with Gasteiger partial charge in [-0.2, -0.15) is 0 Å². The van der Waals surface area contributed by atoms with Gasteiger partial charge in [-0.3, -0.25) is 0 Å². The van der Waals surface area contributed by atoms with Crippen LogP contribution in [0.4, 0.5) is 5.69 Å². The van der Waals surface area contributed by atoms with Crippen LogP contribution in [-0.2, 0) is 0 Å². The summed E-state index contributed by atoms with van der Waals surface area (Å²) in [6, 6.07) is 30.9. The molecule has 4 aromatic carbocycles. The van der Waals surface area contributed by atoms with E-state index in [0.29, 0.717) is 0 Å². The molecule has 0 saturated heterocycles. The quantitative estimate of drug-likeness (QED) is 0.346. The number of benzene rings is 4. The lowest BCUT2D eigenvalue weighted by Gasteiger charge is -2.09. The monoisotopic (exact) mass is 368 g/mol. The Morgan fingerprint density at radius 1 is 0.667 bits per heavy atom. The number of hydrogen-bond donors (Lipinski definition) is 1. The number of para-hydroxylation sites is 2. The Morgan fingerprint density at radius 2 is 1.44 bits per heavy atom. The first-order valence-corrected chi connectivity index (χ1v) is 9.24. The summed E-state index contributed by atoms with van der Waals surface area (Å²) in [6.07, 6.45) is 0. The van der Waals surface area contributed by atoms with E-state index in [4.69, 9.17) is 17.3 Å². The molecule has 5 aromatic rings. The second-order valence-corrected chi connectivity index (χ2v) is 7.09. The van der Waals surface area contributed by atoms with Crippen molar-refractivity contribution in [2.75, 3.05) is 5.73 Å². The van der Waals surface area contributed by atoms with E-state index in [0.717, 1.165) is 38.6 Å². The van der Waals surface area contributed by atoms with Crippen molar-refractivity contribution in [2.24, 2.45) is 0 Å². The zero-order chi connectivity index (χ0) is 18.4. The standard InChI is InChI=1S/C24H17ClN2/c25-17-11-12-20-21-14-16(19-8-4-5-9-22(19)26)10-13-23(21)27(24(20)15-17)18-6-2-1-3-7-18/h1-15H,26H2. The molecule has 130 valence electrons. The maximum absolute atomic E-state index is 6.32. The van der Waals surface area contributed by atoms with Crippen LogP contribution in [0, 0.1) is 0 Å². The van der Waals surface area contributed by atoms with Gasteiger partial charge in [0.15, 0.2) is 0 Å². The number of nitrogen functional groups attached to an aromatic ring is 1. The van der Waals surface area contributed by atoms with Gasteiger partial charge in [0.2, 0.25) is 0 Å². The molecule has 1 heterocycles. The first kappa shape index (κ1) is 16.0. The molecule has 3 heteroatoms. The number of nitrogens with zero attached hydrogens (tertiary/aromatic N) is 1. The van der Waals surface area contributed by atoms with Crippen LogP contribution in [0.15, 0.2) is 91.0 Å². The van der Waals surface area contributed by atoms with Gasteiger partial charge in [0.1, 0.15) is 0 Å². The van der Waals surface area contributed by atoms with Crippen molar-refractivity contribution in [2.45, 2.75) is 0 Å². The van der Waals surface area contributed by atoms with Crippen molar-refractivity contribution in [3.8, 4) is 16.8 Å². The highest BCUT2D eigenvalue weighted by Gasteiger charge is 2.14. The molecule has 0 spiro atoms. The van der Waals surface area contributed by atoms with Gasteiger partial charge < -0.3 is 10.3 Å². The predicted octanol–water partition coefficient (Wildman–Crippen LogP) is 6.69. The Morgan fingerprint density at radius 3 is 2.26 bits per heavy atom. The molecule has 0 aliphatic rings. The fraction of sp³-hybridized carbons (Fsp3) is 0. The van der Waals surface area contributed by atoms with E-state index >= 15 is 0 Å². The lowest BCUT2D eigenvalue weighted by Crippen LogP contribution is -1.93. The van der Waals surface area contributed by atoms with E-state index < -0.39 is 0 Å². The average Bonchev–Trinajstić information content (AvgIpc) is 3.01. The number of aromatic nitrogens is 1. The highest BCUT2D eigenvalue weighted by molar-refractivity contribution is 6.31. The van der Waals surface area contributed by atoms with Crippen molar-refractivity contribution in [1.82, 2.24) is 4.57 Å².